The molecule has 3 rings (SSSR count). The molecule has 1 aromatic carbocycles. The molecule has 1 N–H and O–H groups in total. The number of pyridine rings is 1. The zero-order chi connectivity index (χ0) is 17.6. The van der Waals surface area contributed by atoms with Crippen molar-refractivity contribution in [2.75, 3.05) is 31.6 Å². The van der Waals surface area contributed by atoms with E-state index in [0.29, 0.717) is 31.9 Å². The lowest BCUT2D eigenvalue weighted by atomic mass is 10.2. The topological polar surface area (TPSA) is 63.7 Å². The molecule has 1 aliphatic rings. The summed E-state index contributed by atoms with van der Waals surface area (Å²) in [6.07, 6.45) is 3.45. The van der Waals surface area contributed by atoms with Crippen molar-refractivity contribution in [3.05, 3.63) is 48.3 Å². The number of amides is 1. The van der Waals surface area contributed by atoms with Crippen molar-refractivity contribution in [3.63, 3.8) is 0 Å². The Hall–Kier alpha value is -2.60. The van der Waals surface area contributed by atoms with Gasteiger partial charge in [0.15, 0.2) is 0 Å². The molecule has 132 valence electrons. The number of nitrogens with one attached hydrogen (secondary N) is 1. The second-order valence-electron chi connectivity index (χ2n) is 6.18. The quantitative estimate of drug-likeness (QED) is 0.905. The molecule has 0 aliphatic carbocycles. The van der Waals surface area contributed by atoms with E-state index >= 15 is 0 Å². The molecule has 0 radical (unpaired) electrons. The molecule has 1 saturated heterocycles. The third-order valence-corrected chi connectivity index (χ3v) is 3.80. The highest BCUT2D eigenvalue weighted by molar-refractivity contribution is 5.95. The highest BCUT2D eigenvalue weighted by atomic mass is 16.5. The SMILES string of the molecule is CC(C)Oc1ccc(Nc2cncc(C(=O)N3CCOCC3)c2)cc1. The van der Waals surface area contributed by atoms with Crippen molar-refractivity contribution in [2.45, 2.75) is 20.0 Å². The molecule has 0 spiro atoms. The van der Waals surface area contributed by atoms with Gasteiger partial charge in [-0.25, -0.2) is 0 Å². The Labute approximate surface area is 147 Å². The fourth-order valence-electron chi connectivity index (χ4n) is 2.63. The van der Waals surface area contributed by atoms with Crippen LogP contribution in [0.2, 0.25) is 0 Å². The predicted octanol–water partition coefficient (Wildman–Crippen LogP) is 3.08. The van der Waals surface area contributed by atoms with Crippen LogP contribution in [-0.2, 0) is 4.74 Å². The van der Waals surface area contributed by atoms with Gasteiger partial charge >= 0.3 is 0 Å². The fraction of sp³-hybridized carbons (Fsp3) is 0.368. The Morgan fingerprint density at radius 3 is 2.56 bits per heavy atom. The standard InChI is InChI=1S/C19H23N3O3/c1-14(2)25-18-5-3-16(4-6-18)21-17-11-15(12-20-13-17)19(23)22-7-9-24-10-8-22/h3-6,11-14,21H,7-10H2,1-2H3. The van der Waals surface area contributed by atoms with Crippen LogP contribution in [0.1, 0.15) is 24.2 Å². The molecule has 0 unspecified atom stereocenters. The molecule has 6 nitrogen and oxygen atoms in total. The van der Waals surface area contributed by atoms with Gasteiger partial charge in [0.05, 0.1) is 36.8 Å². The van der Waals surface area contributed by atoms with Crippen LogP contribution in [0.25, 0.3) is 0 Å². The van der Waals surface area contributed by atoms with Crippen LogP contribution in [-0.4, -0.2) is 48.2 Å². The van der Waals surface area contributed by atoms with Gasteiger partial charge in [0.2, 0.25) is 0 Å². The summed E-state index contributed by atoms with van der Waals surface area (Å²) in [6, 6.07) is 9.53. The van der Waals surface area contributed by atoms with Crippen molar-refractivity contribution in [3.8, 4) is 5.75 Å². The first kappa shape index (κ1) is 17.2. The first-order valence-corrected chi connectivity index (χ1v) is 8.47. The molecule has 2 heterocycles. The summed E-state index contributed by atoms with van der Waals surface area (Å²) in [4.78, 5) is 18.5. The van der Waals surface area contributed by atoms with Gasteiger partial charge in [0.25, 0.3) is 5.91 Å². The monoisotopic (exact) mass is 341 g/mol. The van der Waals surface area contributed by atoms with Gasteiger partial charge in [0, 0.05) is 25.0 Å². The van der Waals surface area contributed by atoms with Gasteiger partial charge in [-0.3, -0.25) is 9.78 Å². The van der Waals surface area contributed by atoms with E-state index in [-0.39, 0.29) is 12.0 Å². The van der Waals surface area contributed by atoms with Crippen LogP contribution in [0.5, 0.6) is 5.75 Å². The molecule has 1 amide bonds. The zero-order valence-corrected chi connectivity index (χ0v) is 14.6. The predicted molar refractivity (Wildman–Crippen MR) is 96.4 cm³/mol. The zero-order valence-electron chi connectivity index (χ0n) is 14.6. The number of anilines is 2. The molecule has 0 bridgehead atoms. The van der Waals surface area contributed by atoms with E-state index < -0.39 is 0 Å². The van der Waals surface area contributed by atoms with Crippen molar-refractivity contribution in [1.82, 2.24) is 9.88 Å². The minimum atomic E-state index is -0.0138. The van der Waals surface area contributed by atoms with Crippen molar-refractivity contribution in [1.29, 1.82) is 0 Å². The molecule has 1 aliphatic heterocycles. The lowest BCUT2D eigenvalue weighted by molar-refractivity contribution is 0.0302. The number of hydrogen-bond donors (Lipinski definition) is 1. The lowest BCUT2D eigenvalue weighted by Gasteiger charge is -2.26. The summed E-state index contributed by atoms with van der Waals surface area (Å²) in [7, 11) is 0. The molecule has 6 heteroatoms. The summed E-state index contributed by atoms with van der Waals surface area (Å²) in [6.45, 7) is 6.40. The van der Waals surface area contributed by atoms with E-state index in [1.807, 2.05) is 44.2 Å². The van der Waals surface area contributed by atoms with E-state index in [2.05, 4.69) is 10.3 Å². The van der Waals surface area contributed by atoms with Crippen LogP contribution < -0.4 is 10.1 Å². The van der Waals surface area contributed by atoms with Crippen LogP contribution in [0.15, 0.2) is 42.7 Å². The Bertz CT molecular complexity index is 710. The Balaban J connectivity index is 1.68. The normalized spacial score (nSPS) is 14.4. The maximum atomic E-state index is 12.5. The average Bonchev–Trinajstić information content (AvgIpc) is 2.63. The molecular weight excluding hydrogens is 318 g/mol. The largest absolute Gasteiger partial charge is 0.491 e. The number of hydrogen-bond acceptors (Lipinski definition) is 5. The van der Waals surface area contributed by atoms with Gasteiger partial charge in [0.1, 0.15) is 5.75 Å². The number of ether oxygens (including phenoxy) is 2. The first-order chi connectivity index (χ1) is 12.1. The molecule has 2 aromatic rings. The second kappa shape index (κ2) is 7.98. The number of carbonyl (C=O) groups is 1. The number of benzene rings is 1. The molecule has 1 aromatic heterocycles. The summed E-state index contributed by atoms with van der Waals surface area (Å²) < 4.78 is 10.9. The van der Waals surface area contributed by atoms with Gasteiger partial charge < -0.3 is 19.7 Å². The maximum Gasteiger partial charge on any atom is 0.255 e. The molecule has 0 saturated carbocycles. The molecular formula is C19H23N3O3. The van der Waals surface area contributed by atoms with E-state index in [9.17, 15) is 4.79 Å². The van der Waals surface area contributed by atoms with Gasteiger partial charge in [-0.05, 0) is 44.2 Å². The Morgan fingerprint density at radius 2 is 1.88 bits per heavy atom. The highest BCUT2D eigenvalue weighted by Gasteiger charge is 2.19. The van der Waals surface area contributed by atoms with Crippen LogP contribution in [0.4, 0.5) is 11.4 Å². The average molecular weight is 341 g/mol. The maximum absolute atomic E-state index is 12.5. The highest BCUT2D eigenvalue weighted by Crippen LogP contribution is 2.21. The number of carbonyl (C=O) groups excluding carboxylic acids is 1. The van der Waals surface area contributed by atoms with Gasteiger partial charge in [-0.1, -0.05) is 0 Å². The molecule has 1 fully saturated rings. The molecule has 25 heavy (non-hydrogen) atoms. The van der Waals surface area contributed by atoms with Crippen LogP contribution in [0.3, 0.4) is 0 Å². The second-order valence-corrected chi connectivity index (χ2v) is 6.18. The van der Waals surface area contributed by atoms with E-state index in [1.165, 1.54) is 0 Å². The van der Waals surface area contributed by atoms with Crippen molar-refractivity contribution >= 4 is 17.3 Å². The number of morpholine rings is 1. The molecule has 0 atom stereocenters. The minimum Gasteiger partial charge on any atom is -0.491 e. The van der Waals surface area contributed by atoms with E-state index in [0.717, 1.165) is 17.1 Å². The van der Waals surface area contributed by atoms with Crippen LogP contribution in [0, 0.1) is 0 Å². The number of rotatable bonds is 5. The Kier molecular flexibility index (Phi) is 5.50. The fourth-order valence-corrected chi connectivity index (χ4v) is 2.63. The Morgan fingerprint density at radius 1 is 1.16 bits per heavy atom. The third kappa shape index (κ3) is 4.70. The summed E-state index contributed by atoms with van der Waals surface area (Å²) in [5, 5.41) is 3.27. The minimum absolute atomic E-state index is 0.0138. The van der Waals surface area contributed by atoms with Crippen LogP contribution >= 0.6 is 0 Å². The lowest BCUT2D eigenvalue weighted by Crippen LogP contribution is -2.40. The summed E-state index contributed by atoms with van der Waals surface area (Å²) in [5.74, 6) is 0.815. The van der Waals surface area contributed by atoms with Crippen molar-refractivity contribution < 1.29 is 14.3 Å². The van der Waals surface area contributed by atoms with Gasteiger partial charge in [-0.2, -0.15) is 0 Å². The van der Waals surface area contributed by atoms with E-state index in [1.54, 1.807) is 17.3 Å². The van der Waals surface area contributed by atoms with E-state index in [4.69, 9.17) is 9.47 Å². The van der Waals surface area contributed by atoms with Gasteiger partial charge in [-0.15, -0.1) is 0 Å². The summed E-state index contributed by atoms with van der Waals surface area (Å²) in [5.41, 5.74) is 2.26. The third-order valence-electron chi connectivity index (χ3n) is 3.80. The first-order valence-electron chi connectivity index (χ1n) is 8.47. The number of nitrogens with zero attached hydrogens (tertiary/aromatic N) is 2. The van der Waals surface area contributed by atoms with Crippen molar-refractivity contribution in [2.24, 2.45) is 0 Å². The number of aromatic nitrogens is 1. The smallest absolute Gasteiger partial charge is 0.255 e. The summed E-state index contributed by atoms with van der Waals surface area (Å²) >= 11 is 0.